The molecule has 2 nitrogen and oxygen atoms in total. The van der Waals surface area contributed by atoms with Crippen molar-refractivity contribution in [1.82, 2.24) is 0 Å². The minimum atomic E-state index is -0.412. The zero-order valence-corrected chi connectivity index (χ0v) is 11.1. The summed E-state index contributed by atoms with van der Waals surface area (Å²) in [4.78, 5) is 12.6. The van der Waals surface area contributed by atoms with Crippen molar-refractivity contribution in [2.45, 2.75) is 6.42 Å². The molecule has 1 heterocycles. The van der Waals surface area contributed by atoms with Crippen LogP contribution in [0.4, 0.5) is 4.39 Å². The number of benzene rings is 1. The molecule has 2 aromatic rings. The molecule has 0 N–H and O–H groups in total. The van der Waals surface area contributed by atoms with Crippen LogP contribution in [-0.2, 0) is 6.42 Å². The van der Waals surface area contributed by atoms with Crippen molar-refractivity contribution in [3.8, 4) is 5.75 Å². The number of methoxy groups -OCH3 is 1. The molecule has 0 aliphatic heterocycles. The standard InChI is InChI=1S/C13H10ClFO2S/c1-17-12-4-5-18-13(12)11(16)6-8-2-3-9(15)7-10(8)14/h2-5,7H,6H2,1H3. The van der Waals surface area contributed by atoms with Crippen molar-refractivity contribution in [3.63, 3.8) is 0 Å². The van der Waals surface area contributed by atoms with Gasteiger partial charge < -0.3 is 4.74 Å². The number of hydrogen-bond donors (Lipinski definition) is 0. The number of Topliss-reactive ketones (excluding diaryl/α,β-unsaturated/α-hetero) is 1. The van der Waals surface area contributed by atoms with E-state index in [0.717, 1.165) is 0 Å². The van der Waals surface area contributed by atoms with Crippen molar-refractivity contribution < 1.29 is 13.9 Å². The number of halogens is 2. The summed E-state index contributed by atoms with van der Waals surface area (Å²) >= 11 is 7.21. The fourth-order valence-electron chi connectivity index (χ4n) is 1.58. The van der Waals surface area contributed by atoms with Crippen molar-refractivity contribution in [3.05, 3.63) is 50.9 Å². The molecule has 5 heteroatoms. The van der Waals surface area contributed by atoms with Gasteiger partial charge in [-0.3, -0.25) is 4.79 Å². The Balaban J connectivity index is 2.21. The van der Waals surface area contributed by atoms with Crippen LogP contribution in [0.15, 0.2) is 29.6 Å². The van der Waals surface area contributed by atoms with Crippen LogP contribution in [0.3, 0.4) is 0 Å². The van der Waals surface area contributed by atoms with Gasteiger partial charge in [0.25, 0.3) is 0 Å². The van der Waals surface area contributed by atoms with E-state index in [0.29, 0.717) is 16.2 Å². The van der Waals surface area contributed by atoms with Gasteiger partial charge in [-0.15, -0.1) is 11.3 Å². The van der Waals surface area contributed by atoms with Crippen molar-refractivity contribution in [2.75, 3.05) is 7.11 Å². The number of ketones is 1. The normalized spacial score (nSPS) is 10.4. The maximum absolute atomic E-state index is 12.9. The molecule has 0 atom stereocenters. The molecule has 0 spiro atoms. The van der Waals surface area contributed by atoms with Crippen LogP contribution in [0.25, 0.3) is 0 Å². The summed E-state index contributed by atoms with van der Waals surface area (Å²) in [5.41, 5.74) is 0.610. The molecule has 0 unspecified atom stereocenters. The molecule has 1 aromatic heterocycles. The van der Waals surface area contributed by atoms with Crippen LogP contribution in [0.5, 0.6) is 5.75 Å². The smallest absolute Gasteiger partial charge is 0.180 e. The minimum absolute atomic E-state index is 0.0876. The second-order valence-corrected chi connectivity index (χ2v) is 4.98. The SMILES string of the molecule is COc1ccsc1C(=O)Cc1ccc(F)cc1Cl. The van der Waals surface area contributed by atoms with Crippen LogP contribution in [0, 0.1) is 5.82 Å². The predicted molar refractivity (Wildman–Crippen MR) is 70.3 cm³/mol. The van der Waals surface area contributed by atoms with Gasteiger partial charge >= 0.3 is 0 Å². The van der Waals surface area contributed by atoms with Crippen LogP contribution in [0.2, 0.25) is 5.02 Å². The van der Waals surface area contributed by atoms with Gasteiger partial charge in [0.05, 0.1) is 7.11 Å². The Hall–Kier alpha value is -1.39. The minimum Gasteiger partial charge on any atom is -0.495 e. The summed E-state index contributed by atoms with van der Waals surface area (Å²) in [7, 11) is 1.52. The third kappa shape index (κ3) is 2.71. The van der Waals surface area contributed by atoms with E-state index < -0.39 is 5.82 Å². The highest BCUT2D eigenvalue weighted by Gasteiger charge is 2.15. The average molecular weight is 285 g/mol. The van der Waals surface area contributed by atoms with E-state index in [2.05, 4.69) is 0 Å². The summed E-state index contributed by atoms with van der Waals surface area (Å²) in [5.74, 6) is 0.0588. The van der Waals surface area contributed by atoms with Gasteiger partial charge in [0.15, 0.2) is 5.78 Å². The van der Waals surface area contributed by atoms with Crippen LogP contribution in [0.1, 0.15) is 15.2 Å². The lowest BCUT2D eigenvalue weighted by atomic mass is 10.1. The second-order valence-electron chi connectivity index (χ2n) is 3.65. The summed E-state index contributed by atoms with van der Waals surface area (Å²) in [6, 6.07) is 5.76. The van der Waals surface area contributed by atoms with E-state index in [1.807, 2.05) is 0 Å². The molecule has 2 rings (SSSR count). The Morgan fingerprint density at radius 3 is 2.89 bits per heavy atom. The summed E-state index contributed by atoms with van der Waals surface area (Å²) in [6.07, 6.45) is 0.135. The molecule has 0 saturated carbocycles. The number of carbonyl (C=O) groups is 1. The Morgan fingerprint density at radius 1 is 1.44 bits per heavy atom. The number of carbonyl (C=O) groups excluding carboxylic acids is 1. The van der Waals surface area contributed by atoms with Gasteiger partial charge in [0.2, 0.25) is 0 Å². The molecule has 94 valence electrons. The highest BCUT2D eigenvalue weighted by molar-refractivity contribution is 7.12. The lowest BCUT2D eigenvalue weighted by Crippen LogP contribution is -2.03. The Labute approximate surface area is 113 Å². The molecule has 0 radical (unpaired) electrons. The Bertz CT molecular complexity index is 580. The van der Waals surface area contributed by atoms with Gasteiger partial charge in [-0.05, 0) is 29.1 Å². The van der Waals surface area contributed by atoms with Gasteiger partial charge in [0, 0.05) is 11.4 Å². The number of thiophene rings is 1. The summed E-state index contributed by atoms with van der Waals surface area (Å²) in [6.45, 7) is 0. The zero-order chi connectivity index (χ0) is 13.1. The topological polar surface area (TPSA) is 26.3 Å². The van der Waals surface area contributed by atoms with Crippen molar-refractivity contribution >= 4 is 28.7 Å². The Morgan fingerprint density at radius 2 is 2.22 bits per heavy atom. The lowest BCUT2D eigenvalue weighted by molar-refractivity contribution is 0.0994. The van der Waals surface area contributed by atoms with Crippen LogP contribution < -0.4 is 4.74 Å². The van der Waals surface area contributed by atoms with Gasteiger partial charge in [-0.25, -0.2) is 4.39 Å². The van der Waals surface area contributed by atoms with Gasteiger partial charge in [0.1, 0.15) is 16.4 Å². The third-order valence-corrected chi connectivity index (χ3v) is 3.76. The molecule has 0 aliphatic rings. The highest BCUT2D eigenvalue weighted by Crippen LogP contribution is 2.27. The number of ether oxygens (including phenoxy) is 1. The molecular weight excluding hydrogens is 275 g/mol. The largest absolute Gasteiger partial charge is 0.495 e. The molecule has 0 aliphatic carbocycles. The number of rotatable bonds is 4. The van der Waals surface area contributed by atoms with E-state index in [4.69, 9.17) is 16.3 Å². The van der Waals surface area contributed by atoms with Crippen LogP contribution >= 0.6 is 22.9 Å². The quantitative estimate of drug-likeness (QED) is 0.794. The first kappa shape index (κ1) is 13.1. The third-order valence-electron chi connectivity index (χ3n) is 2.47. The molecule has 0 bridgehead atoms. The molecule has 0 saturated heterocycles. The number of hydrogen-bond acceptors (Lipinski definition) is 3. The molecule has 0 fully saturated rings. The van der Waals surface area contributed by atoms with E-state index in [9.17, 15) is 9.18 Å². The predicted octanol–water partition coefficient (Wildman–Crippen LogP) is 3.97. The molecule has 1 aromatic carbocycles. The first-order chi connectivity index (χ1) is 8.61. The molecule has 18 heavy (non-hydrogen) atoms. The average Bonchev–Trinajstić information content (AvgIpc) is 2.81. The monoisotopic (exact) mass is 284 g/mol. The fourth-order valence-corrected chi connectivity index (χ4v) is 2.61. The van der Waals surface area contributed by atoms with Gasteiger partial charge in [-0.2, -0.15) is 0 Å². The van der Waals surface area contributed by atoms with Crippen molar-refractivity contribution in [2.24, 2.45) is 0 Å². The highest BCUT2D eigenvalue weighted by atomic mass is 35.5. The molecule has 0 amide bonds. The fraction of sp³-hybridized carbons (Fsp3) is 0.154. The maximum atomic E-state index is 12.9. The van der Waals surface area contributed by atoms with E-state index >= 15 is 0 Å². The van der Waals surface area contributed by atoms with E-state index in [1.165, 1.54) is 36.6 Å². The first-order valence-corrected chi connectivity index (χ1v) is 6.46. The summed E-state index contributed by atoms with van der Waals surface area (Å²) in [5, 5.41) is 2.05. The second kappa shape index (κ2) is 5.50. The van der Waals surface area contributed by atoms with Crippen LogP contribution in [-0.4, -0.2) is 12.9 Å². The zero-order valence-electron chi connectivity index (χ0n) is 9.57. The summed E-state index contributed by atoms with van der Waals surface area (Å²) < 4.78 is 18.0. The van der Waals surface area contributed by atoms with Crippen molar-refractivity contribution in [1.29, 1.82) is 0 Å². The first-order valence-electron chi connectivity index (χ1n) is 5.20. The van der Waals surface area contributed by atoms with Gasteiger partial charge in [-0.1, -0.05) is 17.7 Å². The maximum Gasteiger partial charge on any atom is 0.180 e. The lowest BCUT2D eigenvalue weighted by Gasteiger charge is -2.04. The Kier molecular flexibility index (Phi) is 3.99. The van der Waals surface area contributed by atoms with E-state index in [-0.39, 0.29) is 17.2 Å². The van der Waals surface area contributed by atoms with E-state index in [1.54, 1.807) is 11.4 Å². The molecular formula is C13H10ClFO2S.